The molecule has 0 aromatic carbocycles. The summed E-state index contributed by atoms with van der Waals surface area (Å²) in [4.78, 5) is 24.7. The lowest BCUT2D eigenvalue weighted by atomic mass is 9.47. The maximum absolute atomic E-state index is 13.0. The average molecular weight is 412 g/mol. The van der Waals surface area contributed by atoms with Gasteiger partial charge in [0, 0.05) is 23.8 Å². The molecule has 3 fully saturated rings. The van der Waals surface area contributed by atoms with E-state index in [0.29, 0.717) is 17.8 Å². The molecule has 0 aromatic heterocycles. The van der Waals surface area contributed by atoms with Gasteiger partial charge in [0.1, 0.15) is 5.78 Å². The standard InChI is InChI=1S/C23H32F3NO2/c1-13(23(24,25)26)12-18(28)17-6-5-15-14-4-7-19-22(3,11-9-20(29)27-19)16(14)8-10-21(15,17)2/h9,11,13-17,19H,4-8,10,12H2,1-3H3,(H,27,29)/t13?,14-,15-,16-,17+,19+,21-,22+/m0/s1. The molecule has 3 saturated carbocycles. The molecule has 0 saturated heterocycles. The highest BCUT2D eigenvalue weighted by molar-refractivity contribution is 5.89. The number of hydrogen-bond donors (Lipinski definition) is 1. The lowest BCUT2D eigenvalue weighted by molar-refractivity contribution is -0.175. The minimum Gasteiger partial charge on any atom is -0.349 e. The van der Waals surface area contributed by atoms with Crippen molar-refractivity contribution in [2.75, 3.05) is 0 Å². The molecule has 0 aromatic rings. The smallest absolute Gasteiger partial charge is 0.349 e. The van der Waals surface area contributed by atoms with Crippen LogP contribution in [0.1, 0.15) is 65.7 Å². The van der Waals surface area contributed by atoms with E-state index in [9.17, 15) is 22.8 Å². The first-order chi connectivity index (χ1) is 13.5. The number of Topliss-reactive ketones (excluding diaryl/α,β-unsaturated/α-hetero) is 1. The van der Waals surface area contributed by atoms with E-state index < -0.39 is 12.1 Å². The second-order valence-corrected chi connectivity index (χ2v) is 10.5. The largest absolute Gasteiger partial charge is 0.391 e. The van der Waals surface area contributed by atoms with Gasteiger partial charge in [-0.05, 0) is 67.8 Å². The van der Waals surface area contributed by atoms with Gasteiger partial charge in [0.25, 0.3) is 0 Å². The predicted octanol–water partition coefficient (Wildman–Crippen LogP) is 5.06. The van der Waals surface area contributed by atoms with Gasteiger partial charge in [-0.2, -0.15) is 13.2 Å². The van der Waals surface area contributed by atoms with Gasteiger partial charge < -0.3 is 5.32 Å². The Morgan fingerprint density at radius 3 is 2.59 bits per heavy atom. The topological polar surface area (TPSA) is 46.2 Å². The first-order valence-corrected chi connectivity index (χ1v) is 11.1. The fourth-order valence-corrected chi connectivity index (χ4v) is 7.42. The third kappa shape index (κ3) is 3.25. The van der Waals surface area contributed by atoms with Crippen LogP contribution in [0.4, 0.5) is 13.2 Å². The van der Waals surface area contributed by atoms with E-state index in [1.807, 2.05) is 0 Å². The van der Waals surface area contributed by atoms with Crippen molar-refractivity contribution in [3.05, 3.63) is 12.2 Å². The number of halogens is 3. The fraction of sp³-hybridized carbons (Fsp3) is 0.826. The predicted molar refractivity (Wildman–Crippen MR) is 104 cm³/mol. The highest BCUT2D eigenvalue weighted by Crippen LogP contribution is 2.65. The molecule has 1 amide bonds. The van der Waals surface area contributed by atoms with E-state index in [2.05, 4.69) is 25.2 Å². The van der Waals surface area contributed by atoms with E-state index in [1.165, 1.54) is 0 Å². The van der Waals surface area contributed by atoms with Gasteiger partial charge in [0.15, 0.2) is 0 Å². The van der Waals surface area contributed by atoms with Crippen molar-refractivity contribution in [2.24, 2.45) is 40.4 Å². The van der Waals surface area contributed by atoms with Crippen molar-refractivity contribution in [1.29, 1.82) is 0 Å². The van der Waals surface area contributed by atoms with Crippen LogP contribution < -0.4 is 5.32 Å². The van der Waals surface area contributed by atoms with E-state index in [0.717, 1.165) is 45.4 Å². The number of carbonyl (C=O) groups excluding carboxylic acids is 2. The second-order valence-electron chi connectivity index (χ2n) is 10.5. The minimum absolute atomic E-state index is 0.0168. The molecule has 1 N–H and O–H groups in total. The van der Waals surface area contributed by atoms with Crippen LogP contribution in [0.15, 0.2) is 12.2 Å². The SMILES string of the molecule is CC(CC(=O)[C@H]1CC[C@H]2[C@@H]3CC[C@H]4NC(=O)C=C[C@]4(C)[C@H]3CC[C@]12C)C(F)(F)F. The molecule has 1 unspecified atom stereocenters. The van der Waals surface area contributed by atoms with Crippen molar-refractivity contribution >= 4 is 11.7 Å². The first kappa shape index (κ1) is 20.9. The summed E-state index contributed by atoms with van der Waals surface area (Å²) in [6.07, 6.45) is 4.54. The molecule has 0 spiro atoms. The second kappa shape index (κ2) is 6.84. The Kier molecular flexibility index (Phi) is 4.94. The Hall–Kier alpha value is -1.33. The highest BCUT2D eigenvalue weighted by atomic mass is 19.4. The Bertz CT molecular complexity index is 732. The highest BCUT2D eigenvalue weighted by Gasteiger charge is 2.60. The zero-order valence-electron chi connectivity index (χ0n) is 17.5. The van der Waals surface area contributed by atoms with Gasteiger partial charge in [-0.3, -0.25) is 9.59 Å². The Morgan fingerprint density at radius 1 is 1.17 bits per heavy atom. The van der Waals surface area contributed by atoms with E-state index in [1.54, 1.807) is 6.08 Å². The molecule has 8 atom stereocenters. The van der Waals surface area contributed by atoms with Crippen LogP contribution in [-0.4, -0.2) is 23.9 Å². The molecule has 3 aliphatic carbocycles. The Morgan fingerprint density at radius 2 is 1.90 bits per heavy atom. The van der Waals surface area contributed by atoms with Crippen LogP contribution in [0.5, 0.6) is 0 Å². The normalized spacial score (nSPS) is 45.0. The monoisotopic (exact) mass is 411 g/mol. The van der Waals surface area contributed by atoms with Crippen LogP contribution in [0.25, 0.3) is 0 Å². The van der Waals surface area contributed by atoms with Crippen LogP contribution >= 0.6 is 0 Å². The summed E-state index contributed by atoms with van der Waals surface area (Å²) in [6, 6.07) is 0.164. The van der Waals surface area contributed by atoms with Crippen molar-refractivity contribution in [3.8, 4) is 0 Å². The third-order valence-electron chi connectivity index (χ3n) is 9.14. The van der Waals surface area contributed by atoms with Crippen molar-refractivity contribution in [1.82, 2.24) is 5.32 Å². The number of fused-ring (bicyclic) bond motifs is 5. The number of carbonyl (C=O) groups is 2. The molecule has 4 rings (SSSR count). The molecule has 29 heavy (non-hydrogen) atoms. The van der Waals surface area contributed by atoms with Crippen molar-refractivity contribution in [3.63, 3.8) is 0 Å². The summed E-state index contributed by atoms with van der Waals surface area (Å²) in [6.45, 7) is 5.53. The molecular formula is C23H32F3NO2. The van der Waals surface area contributed by atoms with Gasteiger partial charge in [-0.1, -0.05) is 26.8 Å². The van der Waals surface area contributed by atoms with Crippen LogP contribution in [0.2, 0.25) is 0 Å². The van der Waals surface area contributed by atoms with Crippen LogP contribution in [-0.2, 0) is 9.59 Å². The number of hydrogen-bond acceptors (Lipinski definition) is 2. The summed E-state index contributed by atoms with van der Waals surface area (Å²) >= 11 is 0. The van der Waals surface area contributed by atoms with E-state index in [-0.39, 0.29) is 40.9 Å². The fourth-order valence-electron chi connectivity index (χ4n) is 7.42. The zero-order valence-corrected chi connectivity index (χ0v) is 17.5. The average Bonchev–Trinajstić information content (AvgIpc) is 2.98. The molecule has 162 valence electrons. The lowest BCUT2D eigenvalue weighted by Gasteiger charge is -2.58. The lowest BCUT2D eigenvalue weighted by Crippen LogP contribution is -2.59. The maximum Gasteiger partial charge on any atom is 0.391 e. The summed E-state index contributed by atoms with van der Waals surface area (Å²) in [5, 5.41) is 3.14. The van der Waals surface area contributed by atoms with E-state index >= 15 is 0 Å². The molecule has 1 heterocycles. The van der Waals surface area contributed by atoms with E-state index in [4.69, 9.17) is 0 Å². The van der Waals surface area contributed by atoms with Gasteiger partial charge >= 0.3 is 6.18 Å². The van der Waals surface area contributed by atoms with Crippen LogP contribution in [0, 0.1) is 40.4 Å². The molecule has 6 heteroatoms. The molecule has 0 bridgehead atoms. The number of rotatable bonds is 3. The minimum atomic E-state index is -4.31. The van der Waals surface area contributed by atoms with Crippen molar-refractivity contribution in [2.45, 2.75) is 77.9 Å². The molecule has 1 aliphatic heterocycles. The molecule has 0 radical (unpaired) electrons. The van der Waals surface area contributed by atoms with Gasteiger partial charge in [-0.15, -0.1) is 0 Å². The molecule has 4 aliphatic rings. The van der Waals surface area contributed by atoms with Gasteiger partial charge in [0.05, 0.1) is 5.92 Å². The Labute approximate surface area is 170 Å². The van der Waals surface area contributed by atoms with Crippen molar-refractivity contribution < 1.29 is 22.8 Å². The summed E-state index contributed by atoms with van der Waals surface area (Å²) in [5.41, 5.74) is -0.251. The van der Waals surface area contributed by atoms with Gasteiger partial charge in [0.2, 0.25) is 5.91 Å². The number of nitrogens with one attached hydrogen (secondary N) is 1. The molecular weight excluding hydrogens is 379 g/mol. The first-order valence-electron chi connectivity index (χ1n) is 11.1. The van der Waals surface area contributed by atoms with Crippen LogP contribution in [0.3, 0.4) is 0 Å². The summed E-state index contributed by atoms with van der Waals surface area (Å²) in [5.74, 6) is -0.698. The zero-order chi connectivity index (χ0) is 21.2. The quantitative estimate of drug-likeness (QED) is 0.706. The molecule has 3 nitrogen and oxygen atoms in total. The third-order valence-corrected chi connectivity index (χ3v) is 9.14. The summed E-state index contributed by atoms with van der Waals surface area (Å²) < 4.78 is 39.0. The number of amides is 1. The Balaban J connectivity index is 1.54. The van der Waals surface area contributed by atoms with Gasteiger partial charge in [-0.25, -0.2) is 0 Å². The number of alkyl halides is 3. The summed E-state index contributed by atoms with van der Waals surface area (Å²) in [7, 11) is 0. The number of ketones is 1. The maximum atomic E-state index is 13.0.